The quantitative estimate of drug-likeness (QED) is 0.401. The van der Waals surface area contributed by atoms with E-state index in [9.17, 15) is 13.2 Å². The van der Waals surface area contributed by atoms with Gasteiger partial charge < -0.3 is 10.4 Å². The highest BCUT2D eigenvalue weighted by Gasteiger charge is 2.14. The molecule has 0 aliphatic heterocycles. The molecule has 0 fully saturated rings. The monoisotopic (exact) mass is 509 g/mol. The van der Waals surface area contributed by atoms with Crippen LogP contribution in [0.15, 0.2) is 70.5 Å². The third kappa shape index (κ3) is 6.49. The van der Waals surface area contributed by atoms with Crippen LogP contribution in [0.5, 0.6) is 0 Å². The Morgan fingerprint density at radius 2 is 1.59 bits per heavy atom. The van der Waals surface area contributed by atoms with Crippen LogP contribution < -0.4 is 5.32 Å². The number of hydrogen-bond donors (Lipinski definition) is 2. The van der Waals surface area contributed by atoms with Gasteiger partial charge in [0.15, 0.2) is 9.84 Å². The second-order valence-electron chi connectivity index (χ2n) is 7.05. The van der Waals surface area contributed by atoms with E-state index in [1.165, 1.54) is 12.1 Å². The van der Waals surface area contributed by atoms with Crippen LogP contribution in [0.2, 0.25) is 10.0 Å². The minimum atomic E-state index is -3.30. The second-order valence-corrected chi connectivity index (χ2v) is 11.1. The summed E-state index contributed by atoms with van der Waals surface area (Å²) in [5.41, 5.74) is 2.55. The predicted octanol–water partition coefficient (Wildman–Crippen LogP) is 5.33. The molecule has 1 amide bonds. The van der Waals surface area contributed by atoms with Crippen molar-refractivity contribution in [1.29, 1.82) is 0 Å². The van der Waals surface area contributed by atoms with Crippen LogP contribution in [0, 0.1) is 0 Å². The number of halogens is 2. The van der Waals surface area contributed by atoms with Crippen molar-refractivity contribution in [2.24, 2.45) is 0 Å². The molecule has 0 aliphatic carbocycles. The van der Waals surface area contributed by atoms with Crippen molar-refractivity contribution in [2.45, 2.75) is 16.2 Å². The summed E-state index contributed by atoms with van der Waals surface area (Å²) in [4.78, 5) is 13.7. The molecule has 0 heterocycles. The number of aliphatic hydroxyl groups is 1. The minimum Gasteiger partial charge on any atom is -0.396 e. The van der Waals surface area contributed by atoms with Gasteiger partial charge in [0.2, 0.25) is 5.91 Å². The lowest BCUT2D eigenvalue weighted by molar-refractivity contribution is -0.115. The largest absolute Gasteiger partial charge is 0.396 e. The average Bonchev–Trinajstić information content (AvgIpc) is 2.72. The van der Waals surface area contributed by atoms with Crippen molar-refractivity contribution < 1.29 is 18.3 Å². The zero-order valence-corrected chi connectivity index (χ0v) is 20.3. The lowest BCUT2D eigenvalue weighted by atomic mass is 10.0. The van der Waals surface area contributed by atoms with Gasteiger partial charge >= 0.3 is 0 Å². The number of carbonyl (C=O) groups excluding carboxylic acids is 1. The Balaban J connectivity index is 1.71. The van der Waals surface area contributed by atoms with Gasteiger partial charge in [-0.3, -0.25) is 4.79 Å². The first-order chi connectivity index (χ1) is 15.2. The maximum atomic E-state index is 12.5. The normalized spacial score (nSPS) is 11.4. The minimum absolute atomic E-state index is 0.116. The molecule has 0 spiro atoms. The molecule has 0 saturated carbocycles. The zero-order valence-electron chi connectivity index (χ0n) is 17.1. The summed E-state index contributed by atoms with van der Waals surface area (Å²) in [6.07, 6.45) is 1.33. The predicted molar refractivity (Wildman–Crippen MR) is 132 cm³/mol. The van der Waals surface area contributed by atoms with Gasteiger partial charge in [-0.1, -0.05) is 47.5 Å². The summed E-state index contributed by atoms with van der Waals surface area (Å²) in [5, 5.41) is 12.4. The number of benzene rings is 3. The van der Waals surface area contributed by atoms with E-state index in [0.29, 0.717) is 32.6 Å². The van der Waals surface area contributed by atoms with Crippen LogP contribution >= 0.6 is 35.0 Å². The molecule has 3 aromatic rings. The fraction of sp³-hybridized carbons (Fsp3) is 0.174. The van der Waals surface area contributed by atoms with Gasteiger partial charge in [-0.25, -0.2) is 8.42 Å². The molecular weight excluding hydrogens is 489 g/mol. The highest BCUT2D eigenvalue weighted by molar-refractivity contribution is 7.99. The van der Waals surface area contributed by atoms with Crippen LogP contribution in [0.25, 0.3) is 11.1 Å². The van der Waals surface area contributed by atoms with Crippen molar-refractivity contribution in [2.75, 3.05) is 23.9 Å². The first-order valence-corrected chi connectivity index (χ1v) is 13.2. The Labute approximate surface area is 201 Å². The highest BCUT2D eigenvalue weighted by atomic mass is 35.5. The van der Waals surface area contributed by atoms with Crippen molar-refractivity contribution in [3.05, 3.63) is 76.3 Å². The van der Waals surface area contributed by atoms with Gasteiger partial charge in [0, 0.05) is 28.2 Å². The zero-order chi connectivity index (χ0) is 23.3. The number of amides is 1. The molecule has 9 heteroatoms. The molecule has 0 aromatic heterocycles. The molecule has 3 aromatic carbocycles. The van der Waals surface area contributed by atoms with E-state index in [2.05, 4.69) is 5.32 Å². The Hall–Kier alpha value is -2.03. The molecule has 0 unspecified atom stereocenters. The van der Waals surface area contributed by atoms with Crippen molar-refractivity contribution in [1.82, 2.24) is 0 Å². The Morgan fingerprint density at radius 3 is 2.12 bits per heavy atom. The maximum absolute atomic E-state index is 12.5. The summed E-state index contributed by atoms with van der Waals surface area (Å²) in [6, 6.07) is 17.1. The number of aliphatic hydroxyl groups excluding tert-OH is 1. The molecule has 3 rings (SSSR count). The summed E-state index contributed by atoms with van der Waals surface area (Å²) < 4.78 is 23.3. The number of hydrogen-bond acceptors (Lipinski definition) is 5. The molecule has 0 saturated heterocycles. The van der Waals surface area contributed by atoms with E-state index in [1.807, 2.05) is 24.3 Å². The van der Waals surface area contributed by atoms with Crippen molar-refractivity contribution >= 4 is 56.4 Å². The summed E-state index contributed by atoms with van der Waals surface area (Å²) in [5.74, 6) is 0.414. The first kappa shape index (κ1) is 24.6. The molecule has 0 atom stereocenters. The Morgan fingerprint density at radius 1 is 1.00 bits per heavy atom. The van der Waals surface area contributed by atoms with E-state index in [0.717, 1.165) is 16.7 Å². The third-order valence-corrected chi connectivity index (χ3v) is 7.26. The van der Waals surface area contributed by atoms with E-state index in [4.69, 9.17) is 28.3 Å². The summed E-state index contributed by atoms with van der Waals surface area (Å²) in [6.45, 7) is 0.116. The van der Waals surface area contributed by atoms with Crippen LogP contribution in [-0.2, 0) is 21.1 Å². The molecule has 0 aliphatic rings. The lowest BCUT2D eigenvalue weighted by Gasteiger charge is -2.12. The number of rotatable bonds is 8. The smallest absolute Gasteiger partial charge is 0.228 e. The Bertz CT molecular complexity index is 1190. The fourth-order valence-corrected chi connectivity index (χ4v) is 5.04. The van der Waals surface area contributed by atoms with Gasteiger partial charge in [-0.2, -0.15) is 0 Å². The van der Waals surface area contributed by atoms with Gasteiger partial charge in [-0.05, 0) is 47.5 Å². The molecule has 5 nitrogen and oxygen atoms in total. The van der Waals surface area contributed by atoms with E-state index >= 15 is 0 Å². The third-order valence-electron chi connectivity index (χ3n) is 4.55. The summed E-state index contributed by atoms with van der Waals surface area (Å²) in [7, 11) is -3.30. The molecule has 0 radical (unpaired) electrons. The van der Waals surface area contributed by atoms with Gasteiger partial charge in [0.05, 0.1) is 28.0 Å². The number of sulfone groups is 1. The van der Waals surface area contributed by atoms with Crippen LogP contribution in [0.3, 0.4) is 0 Å². The first-order valence-electron chi connectivity index (χ1n) is 9.59. The van der Waals surface area contributed by atoms with E-state index < -0.39 is 9.84 Å². The lowest BCUT2D eigenvalue weighted by Crippen LogP contribution is -2.14. The topological polar surface area (TPSA) is 83.5 Å². The number of nitrogens with one attached hydrogen (secondary N) is 1. The SMILES string of the molecule is CS(=O)(=O)c1ccc(-c2c(Cl)cc(NC(=O)Cc3ccc(SCCO)cc3)cc2Cl)cc1. The van der Waals surface area contributed by atoms with Crippen LogP contribution in [0.4, 0.5) is 5.69 Å². The van der Waals surface area contributed by atoms with Crippen LogP contribution in [-0.4, -0.2) is 38.0 Å². The van der Waals surface area contributed by atoms with E-state index in [1.54, 1.807) is 36.0 Å². The molecule has 2 N–H and O–H groups in total. The fourth-order valence-electron chi connectivity index (χ4n) is 3.05. The Kier molecular flexibility index (Phi) is 8.25. The molecule has 168 valence electrons. The highest BCUT2D eigenvalue weighted by Crippen LogP contribution is 2.37. The van der Waals surface area contributed by atoms with Crippen LogP contribution in [0.1, 0.15) is 5.56 Å². The molecular formula is C23H21Cl2NO4S2. The maximum Gasteiger partial charge on any atom is 0.228 e. The number of thioether (sulfide) groups is 1. The second kappa shape index (κ2) is 10.7. The molecule has 32 heavy (non-hydrogen) atoms. The number of carbonyl (C=O) groups is 1. The average molecular weight is 510 g/mol. The van der Waals surface area contributed by atoms with E-state index in [-0.39, 0.29) is 23.8 Å². The standard InChI is InChI=1S/C23H21Cl2NO4S2/c1-32(29,30)19-8-4-16(5-9-19)23-20(24)13-17(14-21(23)25)26-22(28)12-15-2-6-18(7-3-15)31-11-10-27/h2-9,13-14,27H,10-12H2,1H3,(H,26,28). The van der Waals surface area contributed by atoms with Crippen molar-refractivity contribution in [3.63, 3.8) is 0 Å². The van der Waals surface area contributed by atoms with Crippen molar-refractivity contribution in [3.8, 4) is 11.1 Å². The van der Waals surface area contributed by atoms with Gasteiger partial charge in [0.1, 0.15) is 0 Å². The molecule has 0 bridgehead atoms. The number of anilines is 1. The van der Waals surface area contributed by atoms with Gasteiger partial charge in [0.25, 0.3) is 0 Å². The van der Waals surface area contributed by atoms with Gasteiger partial charge in [-0.15, -0.1) is 11.8 Å². The summed E-state index contributed by atoms with van der Waals surface area (Å²) >= 11 is 14.4.